The third-order valence-electron chi connectivity index (χ3n) is 2.48. The highest BCUT2D eigenvalue weighted by molar-refractivity contribution is 9.11. The second-order valence-electron chi connectivity index (χ2n) is 3.92. The first-order chi connectivity index (χ1) is 9.47. The fourth-order valence-electron chi connectivity index (χ4n) is 1.52. The van der Waals surface area contributed by atoms with E-state index in [-0.39, 0.29) is 18.2 Å². The number of carbonyl (C=O) groups is 1. The van der Waals surface area contributed by atoms with Crippen LogP contribution >= 0.6 is 47.8 Å². The van der Waals surface area contributed by atoms with Crippen molar-refractivity contribution in [3.8, 4) is 5.75 Å². The summed E-state index contributed by atoms with van der Waals surface area (Å²) >= 11 is 10.1. The van der Waals surface area contributed by atoms with Crippen molar-refractivity contribution in [1.29, 1.82) is 0 Å². The van der Waals surface area contributed by atoms with Gasteiger partial charge in [-0.3, -0.25) is 4.79 Å². The number of carbonyl (C=O) groups excluding carboxylic acids is 1. The topological polar surface area (TPSA) is 26.3 Å². The van der Waals surface area contributed by atoms with Crippen molar-refractivity contribution in [2.24, 2.45) is 0 Å². The van der Waals surface area contributed by atoms with Crippen LogP contribution in [-0.2, 0) is 0 Å². The maximum absolute atomic E-state index is 12.8. The van der Waals surface area contributed by atoms with Crippen molar-refractivity contribution in [3.05, 3.63) is 61.2 Å². The Hall–Kier alpha value is -0.720. The third-order valence-corrected chi connectivity index (χ3v) is 4.11. The molecule has 104 valence electrons. The molecule has 20 heavy (non-hydrogen) atoms. The van der Waals surface area contributed by atoms with E-state index in [9.17, 15) is 9.18 Å². The average molecular weight is 467 g/mol. The second kappa shape index (κ2) is 6.83. The molecule has 0 spiro atoms. The predicted molar refractivity (Wildman–Crippen MR) is 85.8 cm³/mol. The van der Waals surface area contributed by atoms with Gasteiger partial charge in [0.1, 0.15) is 11.6 Å². The summed E-state index contributed by atoms with van der Waals surface area (Å²) in [7, 11) is 0. The number of hydrogen-bond acceptors (Lipinski definition) is 2. The number of rotatable bonds is 4. The van der Waals surface area contributed by atoms with Gasteiger partial charge in [0, 0.05) is 10.0 Å². The van der Waals surface area contributed by atoms with Crippen LogP contribution in [0.4, 0.5) is 4.39 Å². The maximum atomic E-state index is 12.8. The molecule has 6 heteroatoms. The van der Waals surface area contributed by atoms with Gasteiger partial charge in [0.05, 0.1) is 8.95 Å². The lowest BCUT2D eigenvalue weighted by atomic mass is 10.1. The van der Waals surface area contributed by atoms with Crippen LogP contribution in [0.15, 0.2) is 49.8 Å². The van der Waals surface area contributed by atoms with E-state index in [1.807, 2.05) is 12.1 Å². The van der Waals surface area contributed by atoms with Crippen molar-refractivity contribution >= 4 is 53.6 Å². The van der Waals surface area contributed by atoms with Gasteiger partial charge in [-0.05, 0) is 68.3 Å². The Balaban J connectivity index is 2.09. The minimum atomic E-state index is -0.374. The molecule has 0 atom stereocenters. The Morgan fingerprint density at radius 2 is 1.60 bits per heavy atom. The lowest BCUT2D eigenvalue weighted by Crippen LogP contribution is -2.12. The maximum Gasteiger partial charge on any atom is 0.200 e. The first-order valence-electron chi connectivity index (χ1n) is 5.53. The Labute approximate surface area is 140 Å². The van der Waals surface area contributed by atoms with Gasteiger partial charge in [0.2, 0.25) is 0 Å². The minimum absolute atomic E-state index is 0.121. The Bertz CT molecular complexity index is 618. The number of halogens is 4. The van der Waals surface area contributed by atoms with Crippen LogP contribution in [-0.4, -0.2) is 12.4 Å². The van der Waals surface area contributed by atoms with Crippen molar-refractivity contribution in [1.82, 2.24) is 0 Å². The molecule has 0 saturated carbocycles. The number of Topliss-reactive ketones (excluding diaryl/α,β-unsaturated/α-hetero) is 1. The zero-order valence-corrected chi connectivity index (χ0v) is 14.8. The molecule has 0 aliphatic heterocycles. The number of ketones is 1. The number of benzene rings is 2. The first-order valence-corrected chi connectivity index (χ1v) is 7.91. The van der Waals surface area contributed by atoms with Crippen LogP contribution < -0.4 is 4.74 Å². The summed E-state index contributed by atoms with van der Waals surface area (Å²) in [5.41, 5.74) is 0.413. The normalized spacial score (nSPS) is 10.4. The zero-order chi connectivity index (χ0) is 14.7. The highest BCUT2D eigenvalue weighted by Gasteiger charge is 2.12. The molecule has 2 aromatic carbocycles. The Morgan fingerprint density at radius 1 is 1.05 bits per heavy atom. The van der Waals surface area contributed by atoms with E-state index < -0.39 is 0 Å². The summed E-state index contributed by atoms with van der Waals surface area (Å²) in [5, 5.41) is 0. The van der Waals surface area contributed by atoms with Crippen molar-refractivity contribution in [2.45, 2.75) is 0 Å². The molecule has 0 amide bonds. The first kappa shape index (κ1) is 15.7. The summed E-state index contributed by atoms with van der Waals surface area (Å²) < 4.78 is 20.6. The van der Waals surface area contributed by atoms with E-state index in [1.165, 1.54) is 24.3 Å². The monoisotopic (exact) mass is 464 g/mol. The molecule has 0 radical (unpaired) electrons. The van der Waals surface area contributed by atoms with Crippen molar-refractivity contribution in [3.63, 3.8) is 0 Å². The minimum Gasteiger partial charge on any atom is -0.483 e. The van der Waals surface area contributed by atoms with Gasteiger partial charge in [-0.2, -0.15) is 0 Å². The molecule has 0 aliphatic carbocycles. The highest BCUT2D eigenvalue weighted by atomic mass is 79.9. The second-order valence-corrected chi connectivity index (χ2v) is 6.54. The van der Waals surface area contributed by atoms with Gasteiger partial charge in [0.25, 0.3) is 0 Å². The molecular weight excluding hydrogens is 459 g/mol. The standard InChI is InChI=1S/C14H8Br3FO2/c15-9-5-11(16)14(12(17)6-9)20-7-13(19)8-1-3-10(18)4-2-8/h1-6H,7H2. The molecule has 0 saturated heterocycles. The molecule has 0 aliphatic rings. The summed E-state index contributed by atoms with van der Waals surface area (Å²) in [6.07, 6.45) is 0. The summed E-state index contributed by atoms with van der Waals surface area (Å²) in [6, 6.07) is 9.02. The van der Waals surface area contributed by atoms with Crippen LogP contribution in [0.1, 0.15) is 10.4 Å². The fourth-order valence-corrected chi connectivity index (χ4v) is 4.01. The molecule has 0 N–H and O–H groups in total. The van der Waals surface area contributed by atoms with Gasteiger partial charge in [0.15, 0.2) is 12.4 Å². The van der Waals surface area contributed by atoms with Crippen LogP contribution in [0.25, 0.3) is 0 Å². The van der Waals surface area contributed by atoms with Crippen LogP contribution in [0.3, 0.4) is 0 Å². The summed E-state index contributed by atoms with van der Waals surface area (Å²) in [4.78, 5) is 11.9. The molecule has 0 heterocycles. The van der Waals surface area contributed by atoms with Crippen LogP contribution in [0, 0.1) is 5.82 Å². The van der Waals surface area contributed by atoms with Gasteiger partial charge in [-0.15, -0.1) is 0 Å². The van der Waals surface area contributed by atoms with E-state index in [0.29, 0.717) is 11.3 Å². The smallest absolute Gasteiger partial charge is 0.200 e. The van der Waals surface area contributed by atoms with Crippen molar-refractivity contribution < 1.29 is 13.9 Å². The lowest BCUT2D eigenvalue weighted by molar-refractivity contribution is 0.0920. The van der Waals surface area contributed by atoms with E-state index in [1.54, 1.807) is 0 Å². The molecular formula is C14H8Br3FO2. The van der Waals surface area contributed by atoms with Gasteiger partial charge in [-0.25, -0.2) is 4.39 Å². The van der Waals surface area contributed by atoms with Crippen LogP contribution in [0.5, 0.6) is 5.75 Å². The molecule has 0 aromatic heterocycles. The number of hydrogen-bond donors (Lipinski definition) is 0. The highest BCUT2D eigenvalue weighted by Crippen LogP contribution is 2.36. The summed E-state index contributed by atoms with van der Waals surface area (Å²) in [6.45, 7) is -0.121. The summed E-state index contributed by atoms with van der Waals surface area (Å²) in [5.74, 6) is -0.0451. The average Bonchev–Trinajstić information content (AvgIpc) is 2.38. The van der Waals surface area contributed by atoms with Crippen molar-refractivity contribution in [2.75, 3.05) is 6.61 Å². The van der Waals surface area contributed by atoms with E-state index in [2.05, 4.69) is 47.8 Å². The third kappa shape index (κ3) is 3.90. The van der Waals surface area contributed by atoms with E-state index in [4.69, 9.17) is 4.74 Å². The Kier molecular flexibility index (Phi) is 5.35. The zero-order valence-electron chi connectivity index (χ0n) is 10.00. The van der Waals surface area contributed by atoms with Gasteiger partial charge >= 0.3 is 0 Å². The lowest BCUT2D eigenvalue weighted by Gasteiger charge is -2.10. The van der Waals surface area contributed by atoms with Crippen LogP contribution in [0.2, 0.25) is 0 Å². The molecule has 0 unspecified atom stereocenters. The van der Waals surface area contributed by atoms with Gasteiger partial charge < -0.3 is 4.74 Å². The van der Waals surface area contributed by atoms with Gasteiger partial charge in [-0.1, -0.05) is 15.9 Å². The number of ether oxygens (including phenoxy) is 1. The quantitative estimate of drug-likeness (QED) is 0.566. The molecule has 0 bridgehead atoms. The molecule has 2 aromatic rings. The Morgan fingerprint density at radius 3 is 2.15 bits per heavy atom. The molecule has 2 nitrogen and oxygen atoms in total. The fraction of sp³-hybridized carbons (Fsp3) is 0.0714. The predicted octanol–water partition coefficient (Wildman–Crippen LogP) is 5.37. The van der Waals surface area contributed by atoms with E-state index >= 15 is 0 Å². The largest absolute Gasteiger partial charge is 0.483 e. The SMILES string of the molecule is O=C(COc1c(Br)cc(Br)cc1Br)c1ccc(F)cc1. The molecule has 0 fully saturated rings. The van der Waals surface area contributed by atoms with E-state index in [0.717, 1.165) is 13.4 Å². The molecule has 2 rings (SSSR count).